The number of anilines is 1. The fraction of sp³-hybridized carbons (Fsp3) is 0.611. The zero-order valence-corrected chi connectivity index (χ0v) is 15.7. The molecule has 0 bridgehead atoms. The summed E-state index contributed by atoms with van der Waals surface area (Å²) in [5.74, 6) is 1.33. The van der Waals surface area contributed by atoms with Gasteiger partial charge >= 0.3 is 0 Å². The van der Waals surface area contributed by atoms with Crippen molar-refractivity contribution in [3.63, 3.8) is 0 Å². The van der Waals surface area contributed by atoms with Gasteiger partial charge in [0.25, 0.3) is 0 Å². The molecule has 0 saturated carbocycles. The van der Waals surface area contributed by atoms with E-state index in [9.17, 15) is 0 Å². The largest absolute Gasteiger partial charge is 0.372 e. The van der Waals surface area contributed by atoms with Gasteiger partial charge in [-0.3, -0.25) is 4.90 Å². The molecule has 2 saturated heterocycles. The molecule has 2 aliphatic heterocycles. The second-order valence-corrected chi connectivity index (χ2v) is 8.17. The quantitative estimate of drug-likeness (QED) is 0.855. The number of hydrogen-bond donors (Lipinski definition) is 1. The lowest BCUT2D eigenvalue weighted by molar-refractivity contribution is -0.136. The van der Waals surface area contributed by atoms with Gasteiger partial charge in [0.1, 0.15) is 5.01 Å². The number of nitrogens with zero attached hydrogens (tertiary/aromatic N) is 4. The van der Waals surface area contributed by atoms with Crippen molar-refractivity contribution >= 4 is 17.3 Å². The summed E-state index contributed by atoms with van der Waals surface area (Å²) < 4.78 is 6.16. The van der Waals surface area contributed by atoms with Crippen LogP contribution < -0.4 is 5.32 Å². The third-order valence-corrected chi connectivity index (χ3v) is 6.12. The van der Waals surface area contributed by atoms with Crippen molar-refractivity contribution in [3.05, 3.63) is 34.0 Å². The van der Waals surface area contributed by atoms with Gasteiger partial charge in [0.2, 0.25) is 5.95 Å². The van der Waals surface area contributed by atoms with Crippen LogP contribution in [0.2, 0.25) is 0 Å². The van der Waals surface area contributed by atoms with E-state index in [4.69, 9.17) is 4.74 Å². The van der Waals surface area contributed by atoms with Crippen LogP contribution in [0.3, 0.4) is 0 Å². The van der Waals surface area contributed by atoms with Crippen LogP contribution in [0.1, 0.15) is 29.1 Å². The molecule has 1 spiro atoms. The Morgan fingerprint density at radius 2 is 2.12 bits per heavy atom. The lowest BCUT2D eigenvalue weighted by Gasteiger charge is -2.50. The van der Waals surface area contributed by atoms with Gasteiger partial charge in [-0.1, -0.05) is 0 Å². The number of hydrogen-bond acceptors (Lipinski definition) is 7. The van der Waals surface area contributed by atoms with E-state index in [1.165, 1.54) is 5.01 Å². The first-order chi connectivity index (χ1) is 12.1. The Bertz CT molecular complexity index is 711. The minimum absolute atomic E-state index is 0.0577. The van der Waals surface area contributed by atoms with Crippen LogP contribution in [0.5, 0.6) is 0 Å². The van der Waals surface area contributed by atoms with E-state index in [0.29, 0.717) is 11.9 Å². The van der Waals surface area contributed by atoms with Gasteiger partial charge < -0.3 is 10.1 Å². The number of thiazole rings is 1. The monoisotopic (exact) mass is 359 g/mol. The van der Waals surface area contributed by atoms with Gasteiger partial charge in [-0.05, 0) is 38.2 Å². The van der Waals surface area contributed by atoms with Crippen molar-refractivity contribution in [2.45, 2.75) is 38.8 Å². The summed E-state index contributed by atoms with van der Waals surface area (Å²) in [5, 5.41) is 6.67. The molecular weight excluding hydrogens is 334 g/mol. The van der Waals surface area contributed by atoms with E-state index in [0.717, 1.165) is 56.9 Å². The highest BCUT2D eigenvalue weighted by molar-refractivity contribution is 7.09. The van der Waals surface area contributed by atoms with Crippen LogP contribution in [-0.2, 0) is 11.3 Å². The maximum absolute atomic E-state index is 6.16. The lowest BCUT2D eigenvalue weighted by Crippen LogP contribution is -2.64. The van der Waals surface area contributed by atoms with Crippen molar-refractivity contribution in [1.29, 1.82) is 0 Å². The highest BCUT2D eigenvalue weighted by Crippen LogP contribution is 2.42. The minimum Gasteiger partial charge on any atom is -0.372 e. The number of ether oxygens (including phenoxy) is 1. The molecular formula is C18H25N5OS. The van der Waals surface area contributed by atoms with Crippen molar-refractivity contribution in [2.75, 3.05) is 31.6 Å². The van der Waals surface area contributed by atoms with E-state index >= 15 is 0 Å². The number of aryl methyl sites for hydroxylation is 2. The van der Waals surface area contributed by atoms with Crippen LogP contribution in [0, 0.1) is 19.8 Å². The summed E-state index contributed by atoms with van der Waals surface area (Å²) >= 11 is 1.75. The second kappa shape index (κ2) is 6.97. The van der Waals surface area contributed by atoms with Gasteiger partial charge in [-0.25, -0.2) is 15.0 Å². The van der Waals surface area contributed by atoms with Crippen LogP contribution in [0.15, 0.2) is 17.8 Å². The topological polar surface area (TPSA) is 63.2 Å². The molecule has 4 rings (SSSR count). The Hall–Kier alpha value is -1.57. The molecule has 6 nitrogen and oxygen atoms in total. The zero-order valence-electron chi connectivity index (χ0n) is 14.9. The predicted octanol–water partition coefficient (Wildman–Crippen LogP) is 2.64. The molecule has 2 fully saturated rings. The number of nitrogens with one attached hydrogen (secondary N) is 1. The van der Waals surface area contributed by atoms with E-state index < -0.39 is 0 Å². The standard InChI is InChI=1S/C18H25N5OS/c1-13-7-20-17(21-8-13)19-5-3-15-4-6-24-18(15)11-23(12-18)9-16-22-14(2)10-25-16/h7-8,10,15H,3-6,9,11-12H2,1-2H3,(H,19,20,21)/t15-/m0/s1. The minimum atomic E-state index is 0.0577. The van der Waals surface area contributed by atoms with Gasteiger partial charge in [0.05, 0.1) is 12.1 Å². The summed E-state index contributed by atoms with van der Waals surface area (Å²) in [7, 11) is 0. The molecule has 0 unspecified atom stereocenters. The first-order valence-corrected chi connectivity index (χ1v) is 9.81. The summed E-state index contributed by atoms with van der Waals surface area (Å²) in [4.78, 5) is 15.6. The number of likely N-dealkylation sites (tertiary alicyclic amines) is 1. The molecule has 2 aromatic heterocycles. The lowest BCUT2D eigenvalue weighted by atomic mass is 9.79. The van der Waals surface area contributed by atoms with Crippen LogP contribution in [-0.4, -0.2) is 51.7 Å². The van der Waals surface area contributed by atoms with Gasteiger partial charge in [-0.15, -0.1) is 11.3 Å². The van der Waals surface area contributed by atoms with E-state index in [2.05, 4.69) is 37.5 Å². The maximum atomic E-state index is 6.16. The smallest absolute Gasteiger partial charge is 0.222 e. The maximum Gasteiger partial charge on any atom is 0.222 e. The Morgan fingerprint density at radius 3 is 2.84 bits per heavy atom. The second-order valence-electron chi connectivity index (χ2n) is 7.23. The molecule has 0 amide bonds. The fourth-order valence-electron chi connectivity index (χ4n) is 3.87. The molecule has 0 aromatic carbocycles. The summed E-state index contributed by atoms with van der Waals surface area (Å²) in [6.45, 7) is 8.83. The summed E-state index contributed by atoms with van der Waals surface area (Å²) in [6.07, 6.45) is 5.95. The van der Waals surface area contributed by atoms with Gasteiger partial charge in [-0.2, -0.15) is 0 Å². The van der Waals surface area contributed by atoms with E-state index in [-0.39, 0.29) is 5.60 Å². The van der Waals surface area contributed by atoms with Crippen LogP contribution in [0.4, 0.5) is 5.95 Å². The van der Waals surface area contributed by atoms with E-state index in [1.54, 1.807) is 11.3 Å². The van der Waals surface area contributed by atoms with Crippen LogP contribution in [0.25, 0.3) is 0 Å². The molecule has 0 aliphatic carbocycles. The first kappa shape index (κ1) is 16.9. The van der Waals surface area contributed by atoms with Crippen molar-refractivity contribution in [2.24, 2.45) is 5.92 Å². The molecule has 7 heteroatoms. The molecule has 2 aliphatic rings. The third-order valence-electron chi connectivity index (χ3n) is 5.16. The normalized spacial score (nSPS) is 22.2. The van der Waals surface area contributed by atoms with Gasteiger partial charge in [0, 0.05) is 49.7 Å². The Balaban J connectivity index is 1.26. The van der Waals surface area contributed by atoms with Crippen LogP contribution >= 0.6 is 11.3 Å². The molecule has 2 aromatic rings. The Morgan fingerprint density at radius 1 is 1.32 bits per heavy atom. The molecule has 134 valence electrons. The van der Waals surface area contributed by atoms with E-state index in [1.807, 2.05) is 19.3 Å². The van der Waals surface area contributed by atoms with Gasteiger partial charge in [0.15, 0.2) is 0 Å². The number of rotatable bonds is 6. The molecule has 4 heterocycles. The Kier molecular flexibility index (Phi) is 4.71. The molecule has 25 heavy (non-hydrogen) atoms. The van der Waals surface area contributed by atoms with Crippen molar-refractivity contribution in [1.82, 2.24) is 19.9 Å². The predicted molar refractivity (Wildman–Crippen MR) is 98.8 cm³/mol. The highest BCUT2D eigenvalue weighted by Gasteiger charge is 2.52. The Labute approximate surface area is 152 Å². The summed E-state index contributed by atoms with van der Waals surface area (Å²) in [5.41, 5.74) is 2.26. The zero-order chi connectivity index (χ0) is 17.3. The fourth-order valence-corrected chi connectivity index (χ4v) is 4.69. The number of aromatic nitrogens is 3. The first-order valence-electron chi connectivity index (χ1n) is 8.93. The SMILES string of the molecule is Cc1cnc(NCC[C@H]2CCOC23CN(Cc2nc(C)cs2)C3)nc1. The highest BCUT2D eigenvalue weighted by atomic mass is 32.1. The average molecular weight is 359 g/mol. The summed E-state index contributed by atoms with van der Waals surface area (Å²) in [6, 6.07) is 0. The molecule has 0 radical (unpaired) electrons. The van der Waals surface area contributed by atoms with Crippen molar-refractivity contribution in [3.8, 4) is 0 Å². The van der Waals surface area contributed by atoms with Crippen molar-refractivity contribution < 1.29 is 4.74 Å². The average Bonchev–Trinajstić information content (AvgIpc) is 3.16. The molecule has 1 atom stereocenters. The third kappa shape index (κ3) is 3.68. The molecule has 1 N–H and O–H groups in total.